The number of amides is 1. The van der Waals surface area contributed by atoms with Crippen molar-refractivity contribution in [3.05, 3.63) is 35.9 Å². The fraction of sp³-hybridized carbons (Fsp3) is 0.667. The average Bonchev–Trinajstić information content (AvgIpc) is 2.64. The van der Waals surface area contributed by atoms with Gasteiger partial charge in [-0.25, -0.2) is 0 Å². The molecular formula is C21H33N3O. The molecule has 0 radical (unpaired) electrons. The van der Waals surface area contributed by atoms with Gasteiger partial charge in [-0.2, -0.15) is 0 Å². The summed E-state index contributed by atoms with van der Waals surface area (Å²) in [6.45, 7) is 7.69. The second kappa shape index (κ2) is 8.81. The highest BCUT2D eigenvalue weighted by Gasteiger charge is 2.28. The van der Waals surface area contributed by atoms with Gasteiger partial charge in [0.2, 0.25) is 5.91 Å². The van der Waals surface area contributed by atoms with Crippen LogP contribution in [0.15, 0.2) is 30.3 Å². The zero-order valence-corrected chi connectivity index (χ0v) is 15.6. The van der Waals surface area contributed by atoms with E-state index in [9.17, 15) is 4.79 Å². The fourth-order valence-electron chi connectivity index (χ4n) is 4.21. The molecule has 4 nitrogen and oxygen atoms in total. The first-order chi connectivity index (χ1) is 12.1. The summed E-state index contributed by atoms with van der Waals surface area (Å²) in [4.78, 5) is 17.4. The van der Waals surface area contributed by atoms with E-state index in [4.69, 9.17) is 5.73 Å². The molecule has 2 N–H and O–H groups in total. The standard InChI is InChI=1S/C21H33N3O/c1-17-9-12-23(13-10-17)15-19-8-5-11-24(16-19)21(25)20(22)14-18-6-3-2-4-7-18/h2-4,6-7,17,19-20H,5,8-16,22H2,1H3. The molecule has 1 aromatic carbocycles. The van der Waals surface area contributed by atoms with Crippen molar-refractivity contribution in [1.29, 1.82) is 0 Å². The van der Waals surface area contributed by atoms with Crippen LogP contribution in [0.1, 0.15) is 38.2 Å². The molecule has 2 aliphatic rings. The summed E-state index contributed by atoms with van der Waals surface area (Å²) in [5.41, 5.74) is 7.36. The van der Waals surface area contributed by atoms with Crippen molar-refractivity contribution in [3.63, 3.8) is 0 Å². The number of nitrogens with zero attached hydrogens (tertiary/aromatic N) is 2. The van der Waals surface area contributed by atoms with Crippen LogP contribution < -0.4 is 5.73 Å². The number of carbonyl (C=O) groups excluding carboxylic acids is 1. The number of carbonyl (C=O) groups is 1. The first-order valence-electron chi connectivity index (χ1n) is 9.92. The number of hydrogen-bond donors (Lipinski definition) is 1. The molecule has 0 saturated carbocycles. The van der Waals surface area contributed by atoms with Gasteiger partial charge in [0.25, 0.3) is 0 Å². The van der Waals surface area contributed by atoms with Crippen LogP contribution in [-0.2, 0) is 11.2 Å². The zero-order valence-electron chi connectivity index (χ0n) is 15.6. The van der Waals surface area contributed by atoms with Crippen LogP contribution >= 0.6 is 0 Å². The van der Waals surface area contributed by atoms with E-state index >= 15 is 0 Å². The molecule has 3 rings (SSSR count). The molecule has 2 heterocycles. The van der Waals surface area contributed by atoms with Crippen molar-refractivity contribution >= 4 is 5.91 Å². The van der Waals surface area contributed by atoms with E-state index in [2.05, 4.69) is 11.8 Å². The molecule has 0 spiro atoms. The molecule has 0 aliphatic carbocycles. The lowest BCUT2D eigenvalue weighted by Gasteiger charge is -2.38. The van der Waals surface area contributed by atoms with E-state index in [0.717, 1.165) is 37.5 Å². The average molecular weight is 344 g/mol. The molecule has 25 heavy (non-hydrogen) atoms. The normalized spacial score (nSPS) is 24.2. The number of piperidine rings is 2. The minimum Gasteiger partial charge on any atom is -0.341 e. The van der Waals surface area contributed by atoms with Gasteiger partial charge in [0, 0.05) is 19.6 Å². The third-order valence-corrected chi connectivity index (χ3v) is 5.84. The van der Waals surface area contributed by atoms with Gasteiger partial charge in [-0.1, -0.05) is 37.3 Å². The van der Waals surface area contributed by atoms with Gasteiger partial charge < -0.3 is 15.5 Å². The van der Waals surface area contributed by atoms with Gasteiger partial charge in [0.15, 0.2) is 0 Å². The Labute approximate surface area is 152 Å². The van der Waals surface area contributed by atoms with Gasteiger partial charge in [-0.3, -0.25) is 4.79 Å². The van der Waals surface area contributed by atoms with Gasteiger partial charge >= 0.3 is 0 Å². The molecule has 138 valence electrons. The third-order valence-electron chi connectivity index (χ3n) is 5.84. The summed E-state index contributed by atoms with van der Waals surface area (Å²) < 4.78 is 0. The fourth-order valence-corrected chi connectivity index (χ4v) is 4.21. The van der Waals surface area contributed by atoms with E-state index in [-0.39, 0.29) is 5.91 Å². The van der Waals surface area contributed by atoms with Crippen molar-refractivity contribution in [1.82, 2.24) is 9.80 Å². The van der Waals surface area contributed by atoms with Gasteiger partial charge in [0.05, 0.1) is 6.04 Å². The minimum atomic E-state index is -0.419. The van der Waals surface area contributed by atoms with E-state index in [1.54, 1.807) is 0 Å². The zero-order chi connectivity index (χ0) is 17.6. The molecule has 2 fully saturated rings. The molecule has 2 unspecified atom stereocenters. The molecule has 2 saturated heterocycles. The molecule has 1 amide bonds. The molecule has 4 heteroatoms. The lowest BCUT2D eigenvalue weighted by molar-refractivity contribution is -0.134. The summed E-state index contributed by atoms with van der Waals surface area (Å²) >= 11 is 0. The van der Waals surface area contributed by atoms with E-state index in [1.807, 2.05) is 35.2 Å². The maximum Gasteiger partial charge on any atom is 0.239 e. The number of likely N-dealkylation sites (tertiary alicyclic amines) is 2. The maximum absolute atomic E-state index is 12.8. The van der Waals surface area contributed by atoms with Gasteiger partial charge in [0.1, 0.15) is 0 Å². The lowest BCUT2D eigenvalue weighted by Crippen LogP contribution is -2.50. The highest BCUT2D eigenvalue weighted by Crippen LogP contribution is 2.22. The van der Waals surface area contributed by atoms with Crippen LogP contribution in [0.4, 0.5) is 0 Å². The Morgan fingerprint density at radius 2 is 1.88 bits per heavy atom. The number of rotatable bonds is 5. The monoisotopic (exact) mass is 343 g/mol. The highest BCUT2D eigenvalue weighted by molar-refractivity contribution is 5.82. The second-order valence-corrected chi connectivity index (χ2v) is 8.07. The number of hydrogen-bond acceptors (Lipinski definition) is 3. The Balaban J connectivity index is 1.49. The SMILES string of the molecule is CC1CCN(CC2CCCN(C(=O)C(N)Cc3ccccc3)C2)CC1. The minimum absolute atomic E-state index is 0.126. The van der Waals surface area contributed by atoms with Gasteiger partial charge in [-0.15, -0.1) is 0 Å². The predicted molar refractivity (Wildman–Crippen MR) is 102 cm³/mol. The van der Waals surface area contributed by atoms with E-state index < -0.39 is 6.04 Å². The Bertz CT molecular complexity index is 539. The van der Waals surface area contributed by atoms with Crippen LogP contribution in [0.3, 0.4) is 0 Å². The summed E-state index contributed by atoms with van der Waals surface area (Å²) in [5.74, 6) is 1.60. The van der Waals surface area contributed by atoms with E-state index in [1.165, 1.54) is 32.4 Å². The summed E-state index contributed by atoms with van der Waals surface area (Å²) in [5, 5.41) is 0. The Kier molecular flexibility index (Phi) is 6.49. The smallest absolute Gasteiger partial charge is 0.239 e. The molecule has 2 atom stereocenters. The lowest BCUT2D eigenvalue weighted by atomic mass is 9.93. The van der Waals surface area contributed by atoms with Crippen LogP contribution in [0.25, 0.3) is 0 Å². The van der Waals surface area contributed by atoms with Crippen molar-refractivity contribution in [3.8, 4) is 0 Å². The highest BCUT2D eigenvalue weighted by atomic mass is 16.2. The van der Waals surface area contributed by atoms with E-state index in [0.29, 0.717) is 12.3 Å². The van der Waals surface area contributed by atoms with Gasteiger partial charge in [-0.05, 0) is 62.6 Å². The van der Waals surface area contributed by atoms with Crippen molar-refractivity contribution in [2.75, 3.05) is 32.7 Å². The predicted octanol–water partition coefficient (Wildman–Crippen LogP) is 2.53. The number of benzene rings is 1. The largest absolute Gasteiger partial charge is 0.341 e. The van der Waals surface area contributed by atoms with Crippen LogP contribution in [0.2, 0.25) is 0 Å². The van der Waals surface area contributed by atoms with Crippen LogP contribution in [0, 0.1) is 11.8 Å². The quantitative estimate of drug-likeness (QED) is 0.894. The Morgan fingerprint density at radius 3 is 2.60 bits per heavy atom. The first-order valence-corrected chi connectivity index (χ1v) is 9.92. The summed E-state index contributed by atoms with van der Waals surface area (Å²) in [6.07, 6.45) is 5.61. The molecule has 0 bridgehead atoms. The second-order valence-electron chi connectivity index (χ2n) is 8.07. The topological polar surface area (TPSA) is 49.6 Å². The first kappa shape index (κ1) is 18.4. The Hall–Kier alpha value is -1.39. The van der Waals surface area contributed by atoms with Crippen molar-refractivity contribution in [2.45, 2.75) is 45.1 Å². The van der Waals surface area contributed by atoms with Crippen LogP contribution in [-0.4, -0.2) is 54.5 Å². The van der Waals surface area contributed by atoms with Crippen molar-refractivity contribution < 1.29 is 4.79 Å². The van der Waals surface area contributed by atoms with Crippen LogP contribution in [0.5, 0.6) is 0 Å². The Morgan fingerprint density at radius 1 is 1.16 bits per heavy atom. The number of nitrogens with two attached hydrogens (primary N) is 1. The molecule has 1 aromatic rings. The van der Waals surface area contributed by atoms with Crippen molar-refractivity contribution in [2.24, 2.45) is 17.6 Å². The molecule has 0 aromatic heterocycles. The molecule has 2 aliphatic heterocycles. The third kappa shape index (κ3) is 5.29. The molecular weight excluding hydrogens is 310 g/mol. The summed E-state index contributed by atoms with van der Waals surface area (Å²) in [7, 11) is 0. The maximum atomic E-state index is 12.8. The summed E-state index contributed by atoms with van der Waals surface area (Å²) in [6, 6.07) is 9.67.